The zero-order valence-corrected chi connectivity index (χ0v) is 7.17. The second kappa shape index (κ2) is 4.78. The van der Waals surface area contributed by atoms with Gasteiger partial charge in [-0.2, -0.15) is 0 Å². The lowest BCUT2D eigenvalue weighted by molar-refractivity contribution is -0.131. The van der Waals surface area contributed by atoms with E-state index in [1.165, 1.54) is 5.48 Å². The molecule has 0 bridgehead atoms. The van der Waals surface area contributed by atoms with Gasteiger partial charge < -0.3 is 10.6 Å². The molecule has 0 aromatic carbocycles. The van der Waals surface area contributed by atoms with Gasteiger partial charge in [-0.1, -0.05) is 0 Å². The third kappa shape index (κ3) is 3.00. The molecule has 6 heteroatoms. The van der Waals surface area contributed by atoms with Crippen molar-refractivity contribution in [2.45, 2.75) is 18.9 Å². The van der Waals surface area contributed by atoms with Gasteiger partial charge >= 0.3 is 0 Å². The van der Waals surface area contributed by atoms with Gasteiger partial charge in [0.1, 0.15) is 0 Å². The molecule has 0 radical (unpaired) electrons. The number of carbonyl (C=O) groups excluding carboxylic acids is 2. The van der Waals surface area contributed by atoms with Crippen molar-refractivity contribution in [3.05, 3.63) is 0 Å². The minimum absolute atomic E-state index is 0.187. The topological polar surface area (TPSA) is 90.5 Å². The van der Waals surface area contributed by atoms with Crippen molar-refractivity contribution in [1.29, 1.82) is 0 Å². The van der Waals surface area contributed by atoms with Crippen LogP contribution in [0.25, 0.3) is 0 Å². The first-order valence-electron chi connectivity index (χ1n) is 4.18. The van der Waals surface area contributed by atoms with E-state index < -0.39 is 5.91 Å². The van der Waals surface area contributed by atoms with E-state index in [2.05, 4.69) is 10.6 Å². The molecule has 0 aliphatic carbocycles. The van der Waals surface area contributed by atoms with Gasteiger partial charge in [0.15, 0.2) is 0 Å². The van der Waals surface area contributed by atoms with E-state index in [0.29, 0.717) is 0 Å². The fourth-order valence-electron chi connectivity index (χ4n) is 1.24. The monoisotopic (exact) mass is 187 g/mol. The van der Waals surface area contributed by atoms with Crippen molar-refractivity contribution in [3.8, 4) is 0 Å². The van der Waals surface area contributed by atoms with Crippen molar-refractivity contribution < 1.29 is 14.8 Å². The second-order valence-electron chi connectivity index (χ2n) is 2.90. The molecular weight excluding hydrogens is 174 g/mol. The molecule has 0 spiro atoms. The second-order valence-corrected chi connectivity index (χ2v) is 2.90. The zero-order valence-electron chi connectivity index (χ0n) is 7.17. The molecule has 0 aromatic heterocycles. The van der Waals surface area contributed by atoms with Crippen molar-refractivity contribution in [2.24, 2.45) is 0 Å². The molecule has 13 heavy (non-hydrogen) atoms. The molecule has 2 amide bonds. The van der Waals surface area contributed by atoms with Crippen molar-refractivity contribution in [3.63, 3.8) is 0 Å². The van der Waals surface area contributed by atoms with Gasteiger partial charge in [0.2, 0.25) is 5.91 Å². The third-order valence-electron chi connectivity index (χ3n) is 1.92. The molecule has 1 saturated heterocycles. The standard InChI is InChI=1S/C7H13N3O3/c11-6(10-13)4-9-7(12)5-2-1-3-8-5/h5,8,13H,1-4H2,(H,9,12)(H,10,11)/t5-/m0/s1. The summed E-state index contributed by atoms with van der Waals surface area (Å²) >= 11 is 0. The Hall–Kier alpha value is -1.14. The average molecular weight is 187 g/mol. The van der Waals surface area contributed by atoms with Crippen LogP contribution in [0.15, 0.2) is 0 Å². The van der Waals surface area contributed by atoms with Gasteiger partial charge in [0, 0.05) is 0 Å². The Kier molecular flexibility index (Phi) is 3.66. The summed E-state index contributed by atoms with van der Waals surface area (Å²) in [6.07, 6.45) is 1.77. The first-order valence-corrected chi connectivity index (χ1v) is 4.18. The van der Waals surface area contributed by atoms with Crippen molar-refractivity contribution in [2.75, 3.05) is 13.1 Å². The summed E-state index contributed by atoms with van der Waals surface area (Å²) in [5.74, 6) is -0.813. The lowest BCUT2D eigenvalue weighted by Crippen LogP contribution is -2.44. The Balaban J connectivity index is 2.20. The normalized spacial score (nSPS) is 21.2. The number of hydroxylamine groups is 1. The van der Waals surface area contributed by atoms with Crippen LogP contribution in [0, 0.1) is 0 Å². The van der Waals surface area contributed by atoms with E-state index >= 15 is 0 Å². The SMILES string of the molecule is O=C(CNC(=O)[C@@H]1CCCN1)NO. The highest BCUT2D eigenvalue weighted by Gasteiger charge is 2.21. The molecule has 1 heterocycles. The summed E-state index contributed by atoms with van der Waals surface area (Å²) in [5, 5.41) is 13.5. The molecule has 74 valence electrons. The molecule has 6 nitrogen and oxygen atoms in total. The maximum Gasteiger partial charge on any atom is 0.262 e. The van der Waals surface area contributed by atoms with Gasteiger partial charge in [-0.05, 0) is 19.4 Å². The minimum Gasteiger partial charge on any atom is -0.346 e. The van der Waals surface area contributed by atoms with Gasteiger partial charge in [0.25, 0.3) is 5.91 Å². The molecule has 1 atom stereocenters. The quantitative estimate of drug-likeness (QED) is 0.315. The molecule has 0 unspecified atom stereocenters. The summed E-state index contributed by atoms with van der Waals surface area (Å²) in [7, 11) is 0. The first kappa shape index (κ1) is 9.94. The smallest absolute Gasteiger partial charge is 0.262 e. The van der Waals surface area contributed by atoms with Crippen LogP contribution in [0.3, 0.4) is 0 Å². The molecule has 1 aliphatic rings. The Bertz CT molecular complexity index is 201. The van der Waals surface area contributed by atoms with Crippen LogP contribution in [-0.2, 0) is 9.59 Å². The first-order chi connectivity index (χ1) is 6.24. The number of hydrogen-bond donors (Lipinski definition) is 4. The Morgan fingerprint density at radius 3 is 2.85 bits per heavy atom. The number of amides is 2. The number of rotatable bonds is 3. The van der Waals surface area contributed by atoms with Gasteiger partial charge in [-0.25, -0.2) is 5.48 Å². The van der Waals surface area contributed by atoms with Crippen molar-refractivity contribution >= 4 is 11.8 Å². The fraction of sp³-hybridized carbons (Fsp3) is 0.714. The summed E-state index contributed by atoms with van der Waals surface area (Å²) in [6.45, 7) is 0.651. The summed E-state index contributed by atoms with van der Waals surface area (Å²) in [5.41, 5.74) is 1.44. The summed E-state index contributed by atoms with van der Waals surface area (Å²) < 4.78 is 0. The molecule has 0 aromatic rings. The van der Waals surface area contributed by atoms with Gasteiger partial charge in [-0.3, -0.25) is 14.8 Å². The Morgan fingerprint density at radius 2 is 2.31 bits per heavy atom. The van der Waals surface area contributed by atoms with Crippen LogP contribution >= 0.6 is 0 Å². The van der Waals surface area contributed by atoms with Crippen LogP contribution in [-0.4, -0.2) is 36.2 Å². The molecule has 0 saturated carbocycles. The van der Waals surface area contributed by atoms with Crippen LogP contribution < -0.4 is 16.1 Å². The highest BCUT2D eigenvalue weighted by molar-refractivity contribution is 5.87. The molecule has 1 fully saturated rings. The van der Waals surface area contributed by atoms with Crippen LogP contribution in [0.2, 0.25) is 0 Å². The third-order valence-corrected chi connectivity index (χ3v) is 1.92. The lowest BCUT2D eigenvalue weighted by atomic mass is 10.2. The predicted octanol–water partition coefficient (Wildman–Crippen LogP) is -1.64. The highest BCUT2D eigenvalue weighted by Crippen LogP contribution is 2.03. The van der Waals surface area contributed by atoms with Gasteiger partial charge in [0.05, 0.1) is 12.6 Å². The van der Waals surface area contributed by atoms with Gasteiger partial charge in [-0.15, -0.1) is 0 Å². The van der Waals surface area contributed by atoms with E-state index in [1.807, 2.05) is 0 Å². The van der Waals surface area contributed by atoms with Crippen LogP contribution in [0.4, 0.5) is 0 Å². The summed E-state index contributed by atoms with van der Waals surface area (Å²) in [4.78, 5) is 21.8. The van der Waals surface area contributed by atoms with Crippen LogP contribution in [0.5, 0.6) is 0 Å². The Morgan fingerprint density at radius 1 is 1.54 bits per heavy atom. The van der Waals surface area contributed by atoms with E-state index in [0.717, 1.165) is 19.4 Å². The maximum atomic E-state index is 11.2. The van der Waals surface area contributed by atoms with Crippen molar-refractivity contribution in [1.82, 2.24) is 16.1 Å². The number of carbonyl (C=O) groups is 2. The maximum absolute atomic E-state index is 11.2. The molecule has 1 rings (SSSR count). The molecular formula is C7H13N3O3. The summed E-state index contributed by atoms with van der Waals surface area (Å²) in [6, 6.07) is -0.188. The molecule has 1 aliphatic heterocycles. The predicted molar refractivity (Wildman–Crippen MR) is 44.0 cm³/mol. The highest BCUT2D eigenvalue weighted by atomic mass is 16.5. The minimum atomic E-state index is -0.619. The molecule has 4 N–H and O–H groups in total. The fourth-order valence-corrected chi connectivity index (χ4v) is 1.24. The van der Waals surface area contributed by atoms with E-state index in [4.69, 9.17) is 5.21 Å². The Labute approximate surface area is 75.6 Å². The largest absolute Gasteiger partial charge is 0.346 e. The lowest BCUT2D eigenvalue weighted by Gasteiger charge is -2.09. The number of nitrogens with one attached hydrogen (secondary N) is 3. The van der Waals surface area contributed by atoms with Crippen LogP contribution in [0.1, 0.15) is 12.8 Å². The zero-order chi connectivity index (χ0) is 9.68. The van der Waals surface area contributed by atoms with E-state index in [1.54, 1.807) is 0 Å². The van der Waals surface area contributed by atoms with E-state index in [-0.39, 0.29) is 18.5 Å². The van der Waals surface area contributed by atoms with E-state index in [9.17, 15) is 9.59 Å². The number of hydrogen-bond acceptors (Lipinski definition) is 4. The average Bonchev–Trinajstić information content (AvgIpc) is 2.66.